The first-order valence-corrected chi connectivity index (χ1v) is 8.75. The molecule has 0 aliphatic carbocycles. The van der Waals surface area contributed by atoms with E-state index in [1.54, 1.807) is 0 Å². The number of carbonyl (C=O) groups is 1. The average molecular weight is 351 g/mol. The molecule has 2 heterocycles. The maximum absolute atomic E-state index is 12.7. The van der Waals surface area contributed by atoms with Crippen LogP contribution < -0.4 is 22.2 Å². The minimum absolute atomic E-state index is 0.0610. The van der Waals surface area contributed by atoms with Gasteiger partial charge in [-0.25, -0.2) is 0 Å². The molecule has 0 atom stereocenters. The molecule has 0 bridgehead atoms. The van der Waals surface area contributed by atoms with Crippen molar-refractivity contribution in [3.8, 4) is 11.1 Å². The fourth-order valence-corrected chi connectivity index (χ4v) is 4.16. The summed E-state index contributed by atoms with van der Waals surface area (Å²) in [6, 6.07) is 9.83. The normalized spacial score (nSPS) is 17.8. The number of nitrogens with one attached hydrogen (secondary N) is 1. The van der Waals surface area contributed by atoms with Gasteiger partial charge in [-0.15, -0.1) is 0 Å². The van der Waals surface area contributed by atoms with Gasteiger partial charge in [0.05, 0.1) is 16.7 Å². The zero-order valence-electron chi connectivity index (χ0n) is 14.8. The zero-order chi connectivity index (χ0) is 18.5. The van der Waals surface area contributed by atoms with Gasteiger partial charge >= 0.3 is 0 Å². The van der Waals surface area contributed by atoms with Crippen LogP contribution in [0.4, 0.5) is 11.4 Å². The molecule has 1 spiro atoms. The number of nitrogens with two attached hydrogens (primary N) is 3. The minimum atomic E-state index is -0.468. The summed E-state index contributed by atoms with van der Waals surface area (Å²) in [5.74, 6) is 0.255. The highest BCUT2D eigenvalue weighted by molar-refractivity contribution is 6.07. The Morgan fingerprint density at radius 3 is 2.65 bits per heavy atom. The van der Waals surface area contributed by atoms with Gasteiger partial charge in [0.1, 0.15) is 0 Å². The summed E-state index contributed by atoms with van der Waals surface area (Å²) in [7, 11) is 0. The van der Waals surface area contributed by atoms with Gasteiger partial charge in [0.2, 0.25) is 5.91 Å². The summed E-state index contributed by atoms with van der Waals surface area (Å²) in [5, 5.41) is 8.81. The van der Waals surface area contributed by atoms with E-state index in [-0.39, 0.29) is 11.7 Å². The number of anilines is 2. The van der Waals surface area contributed by atoms with Gasteiger partial charge < -0.3 is 15.8 Å². The topological polar surface area (TPSA) is 116 Å². The van der Waals surface area contributed by atoms with Crippen LogP contribution in [0.15, 0.2) is 30.3 Å². The minimum Gasteiger partial charge on any atom is -0.397 e. The number of benzene rings is 2. The molecule has 4 rings (SSSR count). The van der Waals surface area contributed by atoms with Crippen molar-refractivity contribution in [2.75, 3.05) is 24.3 Å². The molecule has 2 aliphatic heterocycles. The van der Waals surface area contributed by atoms with Crippen LogP contribution in [0.3, 0.4) is 0 Å². The van der Waals surface area contributed by atoms with Gasteiger partial charge in [-0.3, -0.25) is 15.9 Å². The lowest BCUT2D eigenvalue weighted by atomic mass is 9.75. The van der Waals surface area contributed by atoms with Gasteiger partial charge in [-0.2, -0.15) is 0 Å². The molecule has 1 fully saturated rings. The molecule has 1 amide bonds. The van der Waals surface area contributed by atoms with E-state index in [0.717, 1.165) is 27.9 Å². The summed E-state index contributed by atoms with van der Waals surface area (Å²) < 4.78 is 5.46. The second-order valence-electron chi connectivity index (χ2n) is 7.08. The van der Waals surface area contributed by atoms with Gasteiger partial charge in [0.15, 0.2) is 0 Å². The lowest BCUT2D eigenvalue weighted by Gasteiger charge is -2.31. The van der Waals surface area contributed by atoms with E-state index in [9.17, 15) is 4.79 Å². The highest BCUT2D eigenvalue weighted by atomic mass is 16.5. The number of hydrogen-bond donors (Lipinski definition) is 4. The molecule has 0 radical (unpaired) electrons. The number of carbonyl (C=O) groups excluding carboxylic acids is 1. The number of fused-ring (bicyclic) bond motifs is 2. The lowest BCUT2D eigenvalue weighted by Crippen LogP contribution is -2.46. The van der Waals surface area contributed by atoms with Crippen LogP contribution in [-0.2, 0) is 14.9 Å². The molecular weight excluding hydrogens is 328 g/mol. The number of rotatable bonds is 2. The van der Waals surface area contributed by atoms with Crippen molar-refractivity contribution >= 4 is 23.1 Å². The Morgan fingerprint density at radius 1 is 1.23 bits per heavy atom. The van der Waals surface area contributed by atoms with Crippen molar-refractivity contribution in [2.45, 2.75) is 25.2 Å². The quantitative estimate of drug-likeness (QED) is 0.362. The van der Waals surface area contributed by atoms with E-state index in [1.807, 2.05) is 37.3 Å². The van der Waals surface area contributed by atoms with Gasteiger partial charge in [-0.05, 0) is 48.6 Å². The number of hydrogen-bond acceptors (Lipinski definition) is 3. The van der Waals surface area contributed by atoms with Crippen molar-refractivity contribution in [3.05, 3.63) is 47.0 Å². The highest BCUT2D eigenvalue weighted by Crippen LogP contribution is 2.46. The van der Waals surface area contributed by atoms with Crippen molar-refractivity contribution in [2.24, 2.45) is 5.73 Å². The van der Waals surface area contributed by atoms with Crippen molar-refractivity contribution in [3.63, 3.8) is 0 Å². The van der Waals surface area contributed by atoms with Crippen LogP contribution in [0, 0.1) is 6.92 Å². The fourth-order valence-electron chi connectivity index (χ4n) is 4.16. The maximum Gasteiger partial charge on any atom is 0.272 e. The summed E-state index contributed by atoms with van der Waals surface area (Å²) in [5.41, 5.74) is 17.6. The van der Waals surface area contributed by atoms with Gasteiger partial charge in [-0.1, -0.05) is 18.2 Å². The standard InChI is InChI=1S/C20H22N4O2/c1-11-2-4-13(18(22)23)17(21)16(11)12-3-5-14-15(10-12)24-19(25)20(14)6-8-26-9-7-20/h2-5,10H,6-9,21H2,1H3,(H3,22,23)(H,24,25)/p+1. The zero-order valence-corrected chi connectivity index (χ0v) is 14.8. The second kappa shape index (κ2) is 5.85. The SMILES string of the molecule is Cc1ccc(C(N)=[NH2+])c(N)c1-c1ccc2c(c1)NC(=O)C21CCOCC1. The van der Waals surface area contributed by atoms with E-state index >= 15 is 0 Å². The third-order valence-corrected chi connectivity index (χ3v) is 5.62. The molecular formula is C20H23N4O2+. The monoisotopic (exact) mass is 351 g/mol. The number of aryl methyl sites for hydroxylation is 1. The third kappa shape index (κ3) is 2.29. The van der Waals surface area contributed by atoms with E-state index < -0.39 is 5.41 Å². The molecule has 2 aliphatic rings. The smallest absolute Gasteiger partial charge is 0.272 e. The molecule has 6 heteroatoms. The first-order valence-electron chi connectivity index (χ1n) is 8.75. The molecule has 134 valence electrons. The Balaban J connectivity index is 1.83. The van der Waals surface area contributed by atoms with E-state index in [2.05, 4.69) is 5.32 Å². The highest BCUT2D eigenvalue weighted by Gasteiger charge is 2.47. The largest absolute Gasteiger partial charge is 0.397 e. The van der Waals surface area contributed by atoms with Gasteiger partial charge in [0.25, 0.3) is 5.84 Å². The summed E-state index contributed by atoms with van der Waals surface area (Å²) >= 11 is 0. The molecule has 2 aromatic carbocycles. The molecule has 0 saturated carbocycles. The number of amides is 1. The molecule has 7 N–H and O–H groups in total. The first kappa shape index (κ1) is 16.6. The Kier molecular flexibility index (Phi) is 3.73. The molecule has 0 unspecified atom stereocenters. The molecule has 26 heavy (non-hydrogen) atoms. The number of nitrogen functional groups attached to an aromatic ring is 1. The van der Waals surface area contributed by atoms with Crippen LogP contribution in [0.5, 0.6) is 0 Å². The Labute approximate surface area is 152 Å². The fraction of sp³-hybridized carbons (Fsp3) is 0.300. The maximum atomic E-state index is 12.7. The van der Waals surface area contributed by atoms with E-state index in [1.165, 1.54) is 0 Å². The number of ether oxygens (including phenoxy) is 1. The predicted molar refractivity (Wildman–Crippen MR) is 102 cm³/mol. The molecule has 1 saturated heterocycles. The molecule has 6 nitrogen and oxygen atoms in total. The lowest BCUT2D eigenvalue weighted by molar-refractivity contribution is -0.124. The van der Waals surface area contributed by atoms with Gasteiger partial charge in [0, 0.05) is 24.5 Å². The van der Waals surface area contributed by atoms with E-state index in [4.69, 9.17) is 21.6 Å². The molecule has 2 aromatic rings. The molecule has 0 aromatic heterocycles. The predicted octanol–water partition coefficient (Wildman–Crippen LogP) is 0.709. The van der Waals surface area contributed by atoms with Crippen LogP contribution in [0.1, 0.15) is 29.5 Å². The third-order valence-electron chi connectivity index (χ3n) is 5.62. The first-order chi connectivity index (χ1) is 12.4. The van der Waals surface area contributed by atoms with Crippen LogP contribution in [0.2, 0.25) is 0 Å². The summed E-state index contributed by atoms with van der Waals surface area (Å²) in [6.07, 6.45) is 1.42. The van der Waals surface area contributed by atoms with Crippen molar-refractivity contribution in [1.82, 2.24) is 0 Å². The summed E-state index contributed by atoms with van der Waals surface area (Å²) in [6.45, 7) is 3.20. The van der Waals surface area contributed by atoms with Crippen LogP contribution in [-0.4, -0.2) is 25.0 Å². The van der Waals surface area contributed by atoms with Crippen molar-refractivity contribution in [1.29, 1.82) is 0 Å². The summed E-state index contributed by atoms with van der Waals surface area (Å²) in [4.78, 5) is 12.7. The Hall–Kier alpha value is -2.86. The van der Waals surface area contributed by atoms with E-state index in [0.29, 0.717) is 37.3 Å². The second-order valence-corrected chi connectivity index (χ2v) is 7.08. The van der Waals surface area contributed by atoms with Crippen LogP contribution in [0.25, 0.3) is 11.1 Å². The number of amidine groups is 1. The van der Waals surface area contributed by atoms with Crippen molar-refractivity contribution < 1.29 is 14.9 Å². The Bertz CT molecular complexity index is 930. The Morgan fingerprint density at radius 2 is 1.96 bits per heavy atom. The average Bonchev–Trinajstić information content (AvgIpc) is 2.86. The van der Waals surface area contributed by atoms with Crippen LogP contribution >= 0.6 is 0 Å².